The molecule has 1 aromatic carbocycles. The van der Waals surface area contributed by atoms with E-state index in [-0.39, 0.29) is 30.1 Å². The van der Waals surface area contributed by atoms with Crippen LogP contribution in [0.2, 0.25) is 0 Å². The second-order valence-corrected chi connectivity index (χ2v) is 6.76. The second kappa shape index (κ2) is 7.43. The molecule has 0 bridgehead atoms. The van der Waals surface area contributed by atoms with Gasteiger partial charge in [-0.3, -0.25) is 19.7 Å². The summed E-state index contributed by atoms with van der Waals surface area (Å²) in [7, 11) is 1.74. The fourth-order valence-electron chi connectivity index (χ4n) is 2.57. The number of carbonyl (C=O) groups excluding carboxylic acids is 3. The third-order valence-electron chi connectivity index (χ3n) is 4.10. The minimum Gasteiger partial charge on any atom is -0.346 e. The SMILES string of the molecule is CN1CCC(C(=O)Nc2ccc(C(=O)Nc3nccs3)cc2)CC1=O. The molecule has 2 aromatic rings. The third-order valence-corrected chi connectivity index (χ3v) is 4.79. The molecule has 0 aliphatic carbocycles. The Bertz CT molecular complexity index is 774. The number of hydrogen-bond acceptors (Lipinski definition) is 5. The van der Waals surface area contributed by atoms with Crippen LogP contribution in [-0.4, -0.2) is 41.2 Å². The van der Waals surface area contributed by atoms with Crippen molar-refractivity contribution in [2.24, 2.45) is 5.92 Å². The van der Waals surface area contributed by atoms with Crippen molar-refractivity contribution in [1.82, 2.24) is 9.88 Å². The van der Waals surface area contributed by atoms with E-state index in [0.717, 1.165) is 0 Å². The lowest BCUT2D eigenvalue weighted by molar-refractivity contribution is -0.137. The van der Waals surface area contributed by atoms with Crippen LogP contribution in [0.4, 0.5) is 10.8 Å². The highest BCUT2D eigenvalue weighted by molar-refractivity contribution is 7.13. The zero-order valence-electron chi connectivity index (χ0n) is 13.7. The number of amides is 3. The standard InChI is InChI=1S/C17H18N4O3S/c1-21-8-6-12(10-14(21)22)16(24)19-13-4-2-11(3-5-13)15(23)20-17-18-7-9-25-17/h2-5,7,9,12H,6,8,10H2,1H3,(H,19,24)(H,18,20,23). The lowest BCUT2D eigenvalue weighted by atomic mass is 9.95. The molecule has 7 nitrogen and oxygen atoms in total. The number of nitrogens with zero attached hydrogens (tertiary/aromatic N) is 2. The van der Waals surface area contributed by atoms with Gasteiger partial charge in [-0.05, 0) is 30.7 Å². The van der Waals surface area contributed by atoms with E-state index in [0.29, 0.717) is 29.3 Å². The van der Waals surface area contributed by atoms with E-state index in [4.69, 9.17) is 0 Å². The molecule has 25 heavy (non-hydrogen) atoms. The Morgan fingerprint density at radius 3 is 2.64 bits per heavy atom. The average molecular weight is 358 g/mol. The Morgan fingerprint density at radius 2 is 2.00 bits per heavy atom. The highest BCUT2D eigenvalue weighted by Gasteiger charge is 2.28. The smallest absolute Gasteiger partial charge is 0.257 e. The van der Waals surface area contributed by atoms with Gasteiger partial charge in [-0.15, -0.1) is 11.3 Å². The maximum atomic E-state index is 12.3. The van der Waals surface area contributed by atoms with Crippen LogP contribution in [0.25, 0.3) is 0 Å². The van der Waals surface area contributed by atoms with Gasteiger partial charge in [0.1, 0.15) is 0 Å². The summed E-state index contributed by atoms with van der Waals surface area (Å²) in [6.07, 6.45) is 2.51. The molecule has 2 N–H and O–H groups in total. The summed E-state index contributed by atoms with van der Waals surface area (Å²) < 4.78 is 0. The van der Waals surface area contributed by atoms with E-state index in [2.05, 4.69) is 15.6 Å². The summed E-state index contributed by atoms with van der Waals surface area (Å²) in [6.45, 7) is 0.590. The lowest BCUT2D eigenvalue weighted by Crippen LogP contribution is -2.39. The molecule has 1 fully saturated rings. The van der Waals surface area contributed by atoms with Gasteiger partial charge in [0.2, 0.25) is 11.8 Å². The first-order valence-electron chi connectivity index (χ1n) is 7.88. The van der Waals surface area contributed by atoms with Gasteiger partial charge in [0.05, 0.1) is 0 Å². The number of piperidine rings is 1. The van der Waals surface area contributed by atoms with Crippen LogP contribution in [0.3, 0.4) is 0 Å². The van der Waals surface area contributed by atoms with Gasteiger partial charge >= 0.3 is 0 Å². The number of carbonyl (C=O) groups is 3. The van der Waals surface area contributed by atoms with Crippen molar-refractivity contribution in [2.45, 2.75) is 12.8 Å². The number of anilines is 2. The van der Waals surface area contributed by atoms with Crippen molar-refractivity contribution < 1.29 is 14.4 Å². The zero-order chi connectivity index (χ0) is 17.8. The van der Waals surface area contributed by atoms with Gasteiger partial charge in [0.25, 0.3) is 5.91 Å². The molecule has 1 aromatic heterocycles. The van der Waals surface area contributed by atoms with Gasteiger partial charge in [-0.1, -0.05) is 0 Å². The second-order valence-electron chi connectivity index (χ2n) is 5.86. The van der Waals surface area contributed by atoms with Gasteiger partial charge in [-0.25, -0.2) is 4.98 Å². The molecule has 1 atom stereocenters. The van der Waals surface area contributed by atoms with Crippen LogP contribution < -0.4 is 10.6 Å². The van der Waals surface area contributed by atoms with Crippen LogP contribution in [0.1, 0.15) is 23.2 Å². The topological polar surface area (TPSA) is 91.4 Å². The number of nitrogens with one attached hydrogen (secondary N) is 2. The number of benzene rings is 1. The van der Waals surface area contributed by atoms with E-state index in [9.17, 15) is 14.4 Å². The largest absolute Gasteiger partial charge is 0.346 e. The number of likely N-dealkylation sites (tertiary alicyclic amines) is 1. The molecule has 3 amide bonds. The predicted octanol–water partition coefficient (Wildman–Crippen LogP) is 2.20. The van der Waals surface area contributed by atoms with Crippen molar-refractivity contribution in [3.8, 4) is 0 Å². The van der Waals surface area contributed by atoms with Crippen molar-refractivity contribution in [3.63, 3.8) is 0 Å². The van der Waals surface area contributed by atoms with Crippen molar-refractivity contribution in [2.75, 3.05) is 24.2 Å². The normalized spacial score (nSPS) is 17.2. The van der Waals surface area contributed by atoms with Gasteiger partial charge in [0, 0.05) is 48.8 Å². The molecule has 0 radical (unpaired) electrons. The maximum Gasteiger partial charge on any atom is 0.257 e. The summed E-state index contributed by atoms with van der Waals surface area (Å²) in [5.41, 5.74) is 1.07. The maximum absolute atomic E-state index is 12.3. The van der Waals surface area contributed by atoms with Crippen LogP contribution in [0, 0.1) is 5.92 Å². The monoisotopic (exact) mass is 358 g/mol. The van der Waals surface area contributed by atoms with Crippen LogP contribution in [-0.2, 0) is 9.59 Å². The lowest BCUT2D eigenvalue weighted by Gasteiger charge is -2.27. The van der Waals surface area contributed by atoms with Gasteiger partial charge in [0.15, 0.2) is 5.13 Å². The van der Waals surface area contributed by atoms with Crippen LogP contribution >= 0.6 is 11.3 Å². The van der Waals surface area contributed by atoms with E-state index in [1.807, 2.05) is 0 Å². The summed E-state index contributed by atoms with van der Waals surface area (Å²) in [4.78, 5) is 41.7. The molecule has 8 heteroatoms. The fraction of sp³-hybridized carbons (Fsp3) is 0.294. The molecule has 3 rings (SSSR count). The Kier molecular flexibility index (Phi) is 5.08. The van der Waals surface area contributed by atoms with E-state index < -0.39 is 0 Å². The number of aromatic nitrogens is 1. The average Bonchev–Trinajstić information content (AvgIpc) is 3.11. The molecular formula is C17H18N4O3S. The van der Waals surface area contributed by atoms with E-state index in [1.54, 1.807) is 47.8 Å². The van der Waals surface area contributed by atoms with Gasteiger partial charge in [-0.2, -0.15) is 0 Å². The molecule has 1 saturated heterocycles. The Labute approximate surface area is 149 Å². The third kappa shape index (κ3) is 4.21. The number of hydrogen-bond donors (Lipinski definition) is 2. The molecule has 2 heterocycles. The van der Waals surface area contributed by atoms with Crippen molar-refractivity contribution in [1.29, 1.82) is 0 Å². The molecule has 0 spiro atoms. The van der Waals surface area contributed by atoms with Crippen molar-refractivity contribution >= 4 is 39.9 Å². The molecule has 130 valence electrons. The fourth-order valence-corrected chi connectivity index (χ4v) is 3.09. The Balaban J connectivity index is 1.58. The molecule has 1 unspecified atom stereocenters. The highest BCUT2D eigenvalue weighted by Crippen LogP contribution is 2.20. The summed E-state index contributed by atoms with van der Waals surface area (Å²) in [5, 5.41) is 7.82. The van der Waals surface area contributed by atoms with Gasteiger partial charge < -0.3 is 10.2 Å². The summed E-state index contributed by atoms with van der Waals surface area (Å²) in [5.74, 6) is -0.743. The predicted molar refractivity (Wildman–Crippen MR) is 95.5 cm³/mol. The summed E-state index contributed by atoms with van der Waals surface area (Å²) >= 11 is 1.34. The number of thiazole rings is 1. The van der Waals surface area contributed by atoms with E-state index >= 15 is 0 Å². The Hall–Kier alpha value is -2.74. The minimum absolute atomic E-state index is 0.0133. The first kappa shape index (κ1) is 17.1. The molecule has 1 aliphatic rings. The van der Waals surface area contributed by atoms with Crippen LogP contribution in [0.5, 0.6) is 0 Å². The molecular weight excluding hydrogens is 340 g/mol. The minimum atomic E-state index is -0.309. The first-order valence-corrected chi connectivity index (χ1v) is 8.76. The zero-order valence-corrected chi connectivity index (χ0v) is 14.5. The van der Waals surface area contributed by atoms with Crippen LogP contribution in [0.15, 0.2) is 35.8 Å². The highest BCUT2D eigenvalue weighted by atomic mass is 32.1. The van der Waals surface area contributed by atoms with E-state index in [1.165, 1.54) is 11.3 Å². The van der Waals surface area contributed by atoms with Crippen molar-refractivity contribution in [3.05, 3.63) is 41.4 Å². The first-order chi connectivity index (χ1) is 12.0. The quantitative estimate of drug-likeness (QED) is 0.876. The summed E-state index contributed by atoms with van der Waals surface area (Å²) in [6, 6.07) is 6.62. The molecule has 1 aliphatic heterocycles. The molecule has 0 saturated carbocycles. The Morgan fingerprint density at radius 1 is 1.24 bits per heavy atom. The number of rotatable bonds is 4.